The molecule has 0 radical (unpaired) electrons. The zero-order valence-electron chi connectivity index (χ0n) is 21.0. The van der Waals surface area contributed by atoms with Gasteiger partial charge in [-0.25, -0.2) is 4.39 Å². The predicted molar refractivity (Wildman–Crippen MR) is 143 cm³/mol. The number of para-hydroxylation sites is 1. The van der Waals surface area contributed by atoms with Crippen LogP contribution in [0.25, 0.3) is 23.1 Å². The van der Waals surface area contributed by atoms with Crippen molar-refractivity contribution in [2.75, 3.05) is 13.2 Å². The second-order valence-corrected chi connectivity index (χ2v) is 8.85. The maximum absolute atomic E-state index is 13.6. The Morgan fingerprint density at radius 3 is 2.28 bits per heavy atom. The third kappa shape index (κ3) is 7.22. The molecule has 0 unspecified atom stereocenters. The molecular formula is C30H27F2NO6. The highest BCUT2D eigenvalue weighted by Gasteiger charge is 2.15. The van der Waals surface area contributed by atoms with Gasteiger partial charge in [-0.2, -0.15) is 4.39 Å². The minimum Gasteiger partial charge on any atom is -0.494 e. The molecule has 0 spiro atoms. The third-order valence-electron chi connectivity index (χ3n) is 5.98. The van der Waals surface area contributed by atoms with Crippen molar-refractivity contribution in [3.05, 3.63) is 95.2 Å². The number of carboxylic acid groups (broad SMARTS) is 2. The average molecular weight is 536 g/mol. The van der Waals surface area contributed by atoms with Gasteiger partial charge in [-0.1, -0.05) is 48.6 Å². The number of nitrogens with zero attached hydrogens (tertiary/aromatic N) is 1. The molecule has 0 aliphatic carbocycles. The first-order valence-electron chi connectivity index (χ1n) is 12.3. The molecule has 202 valence electrons. The van der Waals surface area contributed by atoms with Crippen molar-refractivity contribution < 1.29 is 38.1 Å². The Labute approximate surface area is 223 Å². The van der Waals surface area contributed by atoms with Gasteiger partial charge in [0, 0.05) is 11.6 Å². The zero-order chi connectivity index (χ0) is 27.8. The van der Waals surface area contributed by atoms with Crippen molar-refractivity contribution in [1.82, 2.24) is 4.57 Å². The van der Waals surface area contributed by atoms with Crippen molar-refractivity contribution in [1.29, 1.82) is 0 Å². The lowest BCUT2D eigenvalue weighted by Crippen LogP contribution is -2.08. The molecule has 0 fully saturated rings. The largest absolute Gasteiger partial charge is 0.494 e. The number of hydrogen-bond acceptors (Lipinski definition) is 4. The smallest absolute Gasteiger partial charge is 0.323 e. The monoisotopic (exact) mass is 535 g/mol. The maximum atomic E-state index is 13.6. The van der Waals surface area contributed by atoms with Gasteiger partial charge in [0.25, 0.3) is 0 Å². The molecular weight excluding hydrogens is 508 g/mol. The van der Waals surface area contributed by atoms with Gasteiger partial charge in [-0.05, 0) is 53.8 Å². The van der Waals surface area contributed by atoms with Crippen LogP contribution in [0.1, 0.15) is 29.5 Å². The van der Waals surface area contributed by atoms with Gasteiger partial charge in [0.2, 0.25) is 5.82 Å². The molecule has 2 N–H and O–H groups in total. The lowest BCUT2D eigenvalue weighted by Gasteiger charge is -2.09. The van der Waals surface area contributed by atoms with Crippen LogP contribution in [0.5, 0.6) is 11.5 Å². The van der Waals surface area contributed by atoms with Crippen LogP contribution in [0.4, 0.5) is 8.78 Å². The molecule has 1 aromatic heterocycles. The SMILES string of the molecule is O=C(O)Cc1cn(CC(=O)O)c2c(C=Cc3ccc(OCCCCOc4cccc(F)c4F)cc3)cccc12. The molecule has 39 heavy (non-hydrogen) atoms. The highest BCUT2D eigenvalue weighted by atomic mass is 19.2. The van der Waals surface area contributed by atoms with Crippen LogP contribution in [-0.4, -0.2) is 39.9 Å². The summed E-state index contributed by atoms with van der Waals surface area (Å²) < 4.78 is 39.4. The lowest BCUT2D eigenvalue weighted by atomic mass is 10.1. The molecule has 7 nitrogen and oxygen atoms in total. The van der Waals surface area contributed by atoms with E-state index in [1.165, 1.54) is 12.1 Å². The summed E-state index contributed by atoms with van der Waals surface area (Å²) in [5.41, 5.74) is 2.89. The first-order valence-corrected chi connectivity index (χ1v) is 12.3. The summed E-state index contributed by atoms with van der Waals surface area (Å²) in [7, 11) is 0. The van der Waals surface area contributed by atoms with Gasteiger partial charge in [0.1, 0.15) is 12.3 Å². The molecule has 4 aromatic rings. The fourth-order valence-corrected chi connectivity index (χ4v) is 4.20. The van der Waals surface area contributed by atoms with E-state index in [1.54, 1.807) is 16.8 Å². The van der Waals surface area contributed by atoms with Crippen molar-refractivity contribution in [3.63, 3.8) is 0 Å². The van der Waals surface area contributed by atoms with Gasteiger partial charge in [-0.15, -0.1) is 0 Å². The summed E-state index contributed by atoms with van der Waals surface area (Å²) >= 11 is 0. The van der Waals surface area contributed by atoms with E-state index in [9.17, 15) is 28.6 Å². The van der Waals surface area contributed by atoms with Gasteiger partial charge in [-0.3, -0.25) is 9.59 Å². The molecule has 0 atom stereocenters. The first kappa shape index (κ1) is 27.4. The predicted octanol–water partition coefficient (Wildman–Crippen LogP) is 6.04. The number of carbonyl (C=O) groups is 2. The molecule has 4 rings (SSSR count). The van der Waals surface area contributed by atoms with Gasteiger partial charge < -0.3 is 24.3 Å². The first-order chi connectivity index (χ1) is 18.8. The Morgan fingerprint density at radius 1 is 0.846 bits per heavy atom. The van der Waals surface area contributed by atoms with Crippen LogP contribution in [0.3, 0.4) is 0 Å². The second kappa shape index (κ2) is 12.7. The number of carboxylic acids is 2. The van der Waals surface area contributed by atoms with Gasteiger partial charge >= 0.3 is 11.9 Å². The van der Waals surface area contributed by atoms with Crippen molar-refractivity contribution in [3.8, 4) is 11.5 Å². The molecule has 0 amide bonds. The lowest BCUT2D eigenvalue weighted by molar-refractivity contribution is -0.138. The number of unbranched alkanes of at least 4 members (excludes halogenated alkanes) is 1. The standard InChI is InChI=1S/C30H27F2NO6/c31-25-7-4-8-26(29(25)32)39-16-2-1-15-38-23-13-10-20(11-14-23)9-12-21-5-3-6-24-22(17-27(34)35)18-33(30(21)24)19-28(36)37/h3-14,18H,1-2,15-17,19H2,(H,34,35)(H,36,37). The number of ether oxygens (including phenoxy) is 2. The third-order valence-corrected chi connectivity index (χ3v) is 5.98. The van der Waals surface area contributed by atoms with E-state index in [-0.39, 0.29) is 25.3 Å². The van der Waals surface area contributed by atoms with Crippen LogP contribution in [0, 0.1) is 11.6 Å². The van der Waals surface area contributed by atoms with E-state index < -0.39 is 23.6 Å². The number of rotatable bonds is 13. The molecule has 0 saturated carbocycles. The summed E-state index contributed by atoms with van der Waals surface area (Å²) in [6, 6.07) is 16.7. The van der Waals surface area contributed by atoms with E-state index in [0.29, 0.717) is 41.7 Å². The Kier molecular flexibility index (Phi) is 8.94. The number of aromatic nitrogens is 1. The Morgan fingerprint density at radius 2 is 1.56 bits per heavy atom. The van der Waals surface area contributed by atoms with Crippen molar-refractivity contribution >= 4 is 35.0 Å². The Balaban J connectivity index is 1.34. The molecule has 0 saturated heterocycles. The second-order valence-electron chi connectivity index (χ2n) is 8.85. The van der Waals surface area contributed by atoms with Crippen LogP contribution in [-0.2, 0) is 22.6 Å². The fourth-order valence-electron chi connectivity index (χ4n) is 4.20. The number of fused-ring (bicyclic) bond motifs is 1. The van der Waals surface area contributed by atoms with E-state index in [0.717, 1.165) is 17.2 Å². The van der Waals surface area contributed by atoms with Gasteiger partial charge in [0.15, 0.2) is 11.6 Å². The minimum atomic E-state index is -1.02. The molecule has 0 bridgehead atoms. The molecule has 1 heterocycles. The minimum absolute atomic E-state index is 0.105. The van der Waals surface area contributed by atoms with E-state index in [2.05, 4.69) is 0 Å². The Bertz CT molecular complexity index is 1490. The molecule has 0 aliphatic rings. The Hall–Kier alpha value is -4.66. The quantitative estimate of drug-likeness (QED) is 0.160. The summed E-state index contributed by atoms with van der Waals surface area (Å²) in [4.78, 5) is 22.7. The van der Waals surface area contributed by atoms with Crippen LogP contribution < -0.4 is 9.47 Å². The van der Waals surface area contributed by atoms with Crippen molar-refractivity contribution in [2.45, 2.75) is 25.8 Å². The molecule has 0 aliphatic heterocycles. The van der Waals surface area contributed by atoms with Crippen LogP contribution >= 0.6 is 0 Å². The maximum Gasteiger partial charge on any atom is 0.323 e. The summed E-state index contributed by atoms with van der Waals surface area (Å²) in [5, 5.41) is 19.3. The zero-order valence-corrected chi connectivity index (χ0v) is 21.0. The van der Waals surface area contributed by atoms with E-state index >= 15 is 0 Å². The summed E-state index contributed by atoms with van der Waals surface area (Å²) in [6.45, 7) is 0.403. The topological polar surface area (TPSA) is 98.0 Å². The number of hydrogen-bond donors (Lipinski definition) is 2. The highest BCUT2D eigenvalue weighted by Crippen LogP contribution is 2.27. The molecule has 3 aromatic carbocycles. The van der Waals surface area contributed by atoms with Crippen LogP contribution in [0.2, 0.25) is 0 Å². The number of benzene rings is 3. The van der Waals surface area contributed by atoms with Crippen LogP contribution in [0.15, 0.2) is 66.9 Å². The highest BCUT2D eigenvalue weighted by molar-refractivity contribution is 5.95. The van der Waals surface area contributed by atoms with Gasteiger partial charge in [0.05, 0.1) is 25.2 Å². The fraction of sp³-hybridized carbons (Fsp3) is 0.200. The number of halogens is 2. The number of aliphatic carboxylic acids is 2. The average Bonchev–Trinajstić information content (AvgIpc) is 3.24. The van der Waals surface area contributed by atoms with Crippen molar-refractivity contribution in [2.24, 2.45) is 0 Å². The summed E-state index contributed by atoms with van der Waals surface area (Å²) in [6.07, 6.45) is 6.42. The van der Waals surface area contributed by atoms with E-state index in [1.807, 2.05) is 48.6 Å². The van der Waals surface area contributed by atoms with E-state index in [4.69, 9.17) is 9.47 Å². The normalized spacial score (nSPS) is 11.2. The summed E-state index contributed by atoms with van der Waals surface area (Å²) in [5.74, 6) is -3.36. The molecule has 9 heteroatoms.